The van der Waals surface area contributed by atoms with Gasteiger partial charge in [0.1, 0.15) is 23.2 Å². The van der Waals surface area contributed by atoms with E-state index in [1.165, 1.54) is 36.1 Å². The first kappa shape index (κ1) is 29.4. The van der Waals surface area contributed by atoms with Gasteiger partial charge in [0, 0.05) is 36.6 Å². The number of fused-ring (bicyclic) bond motifs is 3. The highest BCUT2D eigenvalue weighted by Gasteiger charge is 2.67. The van der Waals surface area contributed by atoms with Gasteiger partial charge in [0.2, 0.25) is 17.6 Å². The molecule has 12 heteroatoms. The molecule has 2 unspecified atom stereocenters. The lowest BCUT2D eigenvalue weighted by atomic mass is 9.54. The number of carbonyl (C=O) groups is 4. The third-order valence-corrected chi connectivity index (χ3v) is 8.85. The van der Waals surface area contributed by atoms with Crippen molar-refractivity contribution in [3.8, 4) is 16.9 Å². The zero-order valence-electron chi connectivity index (χ0n) is 23.2. The standard InChI is InChI=1S/C30H32FN3O8/c1-12(35)33-11-15-9-17(13-4-6-16(31)7-5-13)18-8-14-10-19-23(34(2)3)26(38)22(29(32)41)28(40)30(19,42)27(39)20(14)25(37)21(18)24(15)36/h4-7,9,14,19,22-23,26,36-38,42H,8,10-11H2,1-3H3,(H2,32,41)(H,33,35)/t14-,19-,22?,23-,26?,30-/m1/s1. The van der Waals surface area contributed by atoms with Crippen LogP contribution in [0.15, 0.2) is 35.9 Å². The number of ketones is 2. The van der Waals surface area contributed by atoms with Crippen LogP contribution >= 0.6 is 0 Å². The molecule has 0 heterocycles. The smallest absolute Gasteiger partial charge is 0.230 e. The lowest BCUT2D eigenvalue weighted by Crippen LogP contribution is -2.73. The number of aliphatic hydroxyl groups excluding tert-OH is 2. The van der Waals surface area contributed by atoms with Gasteiger partial charge in [-0.15, -0.1) is 0 Å². The van der Waals surface area contributed by atoms with Gasteiger partial charge in [-0.1, -0.05) is 12.1 Å². The van der Waals surface area contributed by atoms with E-state index >= 15 is 0 Å². The number of aliphatic hydroxyl groups is 3. The number of aromatic hydroxyl groups is 1. The van der Waals surface area contributed by atoms with Crippen LogP contribution < -0.4 is 11.1 Å². The van der Waals surface area contributed by atoms with Crippen molar-refractivity contribution in [1.82, 2.24) is 10.2 Å². The molecule has 0 saturated heterocycles. The highest BCUT2D eigenvalue weighted by molar-refractivity contribution is 6.25. The van der Waals surface area contributed by atoms with Gasteiger partial charge in [0.05, 0.1) is 11.7 Å². The average molecular weight is 582 g/mol. The van der Waals surface area contributed by atoms with E-state index in [0.717, 1.165) is 0 Å². The quantitative estimate of drug-likeness (QED) is 0.274. The van der Waals surface area contributed by atoms with Crippen molar-refractivity contribution < 1.29 is 44.0 Å². The minimum absolute atomic E-state index is 0.0323. The molecular weight excluding hydrogens is 549 g/mol. The molecule has 11 nitrogen and oxygen atoms in total. The van der Waals surface area contributed by atoms with Crippen LogP contribution in [-0.4, -0.2) is 80.5 Å². The molecule has 0 radical (unpaired) electrons. The van der Waals surface area contributed by atoms with E-state index in [9.17, 15) is 44.0 Å². The van der Waals surface area contributed by atoms with Gasteiger partial charge < -0.3 is 36.4 Å². The van der Waals surface area contributed by atoms with Crippen molar-refractivity contribution in [3.63, 3.8) is 0 Å². The summed E-state index contributed by atoms with van der Waals surface area (Å²) in [5.41, 5.74) is 3.95. The Morgan fingerprint density at radius 1 is 1.17 bits per heavy atom. The maximum atomic E-state index is 14.1. The van der Waals surface area contributed by atoms with Crippen molar-refractivity contribution in [2.45, 2.75) is 44.1 Å². The lowest BCUT2D eigenvalue weighted by molar-refractivity contribution is -0.184. The number of halogens is 1. The van der Waals surface area contributed by atoms with Crippen molar-refractivity contribution in [2.24, 2.45) is 23.5 Å². The predicted octanol–water partition coefficient (Wildman–Crippen LogP) is 0.571. The van der Waals surface area contributed by atoms with Crippen LogP contribution in [0.2, 0.25) is 0 Å². The van der Waals surface area contributed by atoms with Crippen LogP contribution in [0.3, 0.4) is 0 Å². The molecule has 5 rings (SSSR count). The van der Waals surface area contributed by atoms with Crippen LogP contribution in [-0.2, 0) is 32.1 Å². The van der Waals surface area contributed by atoms with E-state index in [-0.39, 0.29) is 42.0 Å². The SMILES string of the molecule is CC(=O)NCc1cc(-c2ccc(F)cc2)c2c(c1O)C(O)=C1C(=O)[C@@]3(O)C(=O)C(C(N)=O)C(O)[C@H](N(C)C)[C@H]3C[C@H]1C2. The van der Waals surface area contributed by atoms with Gasteiger partial charge in [-0.05, 0) is 67.7 Å². The second-order valence-corrected chi connectivity index (χ2v) is 11.5. The van der Waals surface area contributed by atoms with Crippen molar-refractivity contribution in [3.05, 3.63) is 58.4 Å². The number of nitrogens with one attached hydrogen (secondary N) is 1. The molecule has 222 valence electrons. The number of nitrogens with two attached hydrogens (primary N) is 1. The number of phenolic OH excluding ortho intramolecular Hbond substituents is 1. The van der Waals surface area contributed by atoms with Crippen LogP contribution in [0.1, 0.15) is 30.0 Å². The van der Waals surface area contributed by atoms with Crippen LogP contribution in [0.4, 0.5) is 4.39 Å². The summed E-state index contributed by atoms with van der Waals surface area (Å²) in [4.78, 5) is 52.9. The second kappa shape index (κ2) is 10.3. The minimum atomic E-state index is -2.77. The van der Waals surface area contributed by atoms with Crippen LogP contribution in [0.5, 0.6) is 5.75 Å². The zero-order valence-corrected chi connectivity index (χ0v) is 23.2. The number of amides is 2. The summed E-state index contributed by atoms with van der Waals surface area (Å²) in [5, 5.41) is 48.3. The maximum absolute atomic E-state index is 14.1. The molecule has 2 fully saturated rings. The van der Waals surface area contributed by atoms with E-state index in [0.29, 0.717) is 16.7 Å². The molecule has 0 bridgehead atoms. The summed E-state index contributed by atoms with van der Waals surface area (Å²) in [6, 6.07) is 6.15. The minimum Gasteiger partial charge on any atom is -0.507 e. The topological polar surface area (TPSA) is 190 Å². The number of nitrogens with zero attached hydrogens (tertiary/aromatic N) is 1. The summed E-state index contributed by atoms with van der Waals surface area (Å²) < 4.78 is 13.8. The van der Waals surface area contributed by atoms with Gasteiger partial charge >= 0.3 is 0 Å². The average Bonchev–Trinajstić information content (AvgIpc) is 2.90. The normalized spacial score (nSPS) is 28.7. The third kappa shape index (κ3) is 4.29. The molecule has 0 aliphatic heterocycles. The molecule has 2 amide bonds. The Balaban J connectivity index is 1.73. The fourth-order valence-corrected chi connectivity index (χ4v) is 6.97. The van der Waals surface area contributed by atoms with E-state index in [2.05, 4.69) is 5.32 Å². The lowest BCUT2D eigenvalue weighted by Gasteiger charge is -2.53. The summed E-state index contributed by atoms with van der Waals surface area (Å²) in [6.45, 7) is 1.16. The summed E-state index contributed by atoms with van der Waals surface area (Å²) in [7, 11) is 3.15. The number of primary amides is 1. The summed E-state index contributed by atoms with van der Waals surface area (Å²) in [5.74, 6) is -9.25. The number of hydrogen-bond donors (Lipinski definition) is 6. The highest BCUT2D eigenvalue weighted by Crippen LogP contribution is 2.53. The number of likely N-dealkylation sites (N-methyl/N-ethyl adjacent to an activating group) is 1. The number of rotatable bonds is 5. The molecule has 7 N–H and O–H groups in total. The highest BCUT2D eigenvalue weighted by atomic mass is 19.1. The number of benzene rings is 2. The van der Waals surface area contributed by atoms with Gasteiger partial charge in [-0.25, -0.2) is 4.39 Å². The Morgan fingerprint density at radius 3 is 2.38 bits per heavy atom. The predicted molar refractivity (Wildman–Crippen MR) is 147 cm³/mol. The fourth-order valence-electron chi connectivity index (χ4n) is 6.97. The summed E-state index contributed by atoms with van der Waals surface area (Å²) in [6.07, 6.45) is -1.54. The Hall–Kier alpha value is -4.13. The Morgan fingerprint density at radius 2 is 1.81 bits per heavy atom. The van der Waals surface area contributed by atoms with E-state index in [1.54, 1.807) is 20.2 Å². The summed E-state index contributed by atoms with van der Waals surface area (Å²) >= 11 is 0. The molecule has 3 aliphatic carbocycles. The number of carbonyl (C=O) groups excluding carboxylic acids is 4. The van der Waals surface area contributed by atoms with Crippen molar-refractivity contribution >= 4 is 29.1 Å². The number of hydrogen-bond acceptors (Lipinski definition) is 9. The molecule has 6 atom stereocenters. The van der Waals surface area contributed by atoms with E-state index in [4.69, 9.17) is 5.73 Å². The molecule has 2 aromatic carbocycles. The molecule has 3 aliphatic rings. The van der Waals surface area contributed by atoms with E-state index in [1.807, 2.05) is 0 Å². The number of phenols is 1. The maximum Gasteiger partial charge on any atom is 0.230 e. The van der Waals surface area contributed by atoms with E-state index < -0.39 is 70.3 Å². The first-order valence-electron chi connectivity index (χ1n) is 13.5. The van der Waals surface area contributed by atoms with Crippen LogP contribution in [0, 0.1) is 23.6 Å². The first-order valence-corrected chi connectivity index (χ1v) is 13.5. The second-order valence-electron chi connectivity index (χ2n) is 11.5. The van der Waals surface area contributed by atoms with Gasteiger partial charge in [-0.2, -0.15) is 0 Å². The van der Waals surface area contributed by atoms with Crippen molar-refractivity contribution in [2.75, 3.05) is 14.1 Å². The first-order chi connectivity index (χ1) is 19.7. The van der Waals surface area contributed by atoms with Gasteiger partial charge in [0.25, 0.3) is 0 Å². The third-order valence-electron chi connectivity index (χ3n) is 8.85. The van der Waals surface area contributed by atoms with Crippen molar-refractivity contribution in [1.29, 1.82) is 0 Å². The zero-order chi connectivity index (χ0) is 30.8. The Labute approximate surface area is 240 Å². The largest absolute Gasteiger partial charge is 0.507 e. The Bertz CT molecular complexity index is 1550. The fraction of sp³-hybridized carbons (Fsp3) is 0.400. The molecule has 2 saturated carbocycles. The molecule has 2 aromatic rings. The van der Waals surface area contributed by atoms with Gasteiger partial charge in [-0.3, -0.25) is 19.2 Å². The molecule has 42 heavy (non-hydrogen) atoms. The molecule has 0 spiro atoms. The molecule has 0 aromatic heterocycles. The van der Waals surface area contributed by atoms with Gasteiger partial charge in [0.15, 0.2) is 11.4 Å². The monoisotopic (exact) mass is 581 g/mol. The van der Waals surface area contributed by atoms with Crippen LogP contribution in [0.25, 0.3) is 16.9 Å². The Kier molecular flexibility index (Phi) is 7.20. The molecular formula is C30H32FN3O8. The number of Topliss-reactive ketones (excluding diaryl/α,β-unsaturated/α-hetero) is 2.